The van der Waals surface area contributed by atoms with Gasteiger partial charge < -0.3 is 14.4 Å². The molecule has 8 heteroatoms. The Morgan fingerprint density at radius 3 is 2.11 bits per heavy atom. The molecule has 28 heavy (non-hydrogen) atoms. The summed E-state index contributed by atoms with van der Waals surface area (Å²) < 4.78 is 39.2. The highest BCUT2D eigenvalue weighted by Crippen LogP contribution is 2.37. The fraction of sp³-hybridized carbons (Fsp3) is 0.400. The lowest BCUT2D eigenvalue weighted by molar-refractivity contribution is 0.370. The van der Waals surface area contributed by atoms with Gasteiger partial charge in [0.2, 0.25) is 10.0 Å². The first kappa shape index (κ1) is 21.0. The Labute approximate surface area is 175 Å². The first-order valence-corrected chi connectivity index (χ1v) is 11.4. The van der Waals surface area contributed by atoms with Gasteiger partial charge in [0.25, 0.3) is 0 Å². The number of hydrogen-bond acceptors (Lipinski definition) is 5. The van der Waals surface area contributed by atoms with Crippen LogP contribution in [0.4, 0.5) is 5.69 Å². The summed E-state index contributed by atoms with van der Waals surface area (Å²) in [4.78, 5) is 2.33. The fourth-order valence-corrected chi connectivity index (χ4v) is 5.36. The smallest absolute Gasteiger partial charge is 0.247 e. The molecule has 2 aromatic carbocycles. The number of hydrogen-bond donors (Lipinski definition) is 0. The minimum absolute atomic E-state index is 0.121. The second kappa shape index (κ2) is 8.71. The van der Waals surface area contributed by atoms with Crippen molar-refractivity contribution in [2.45, 2.75) is 18.2 Å². The number of aryl methyl sites for hydroxylation is 1. The summed E-state index contributed by atoms with van der Waals surface area (Å²) in [7, 11) is -0.721. The van der Waals surface area contributed by atoms with Gasteiger partial charge in [-0.25, -0.2) is 8.42 Å². The Hall–Kier alpha value is -1.77. The summed E-state index contributed by atoms with van der Waals surface area (Å²) in [5.41, 5.74) is 2.42. The van der Waals surface area contributed by atoms with Crippen LogP contribution in [-0.2, 0) is 16.4 Å². The molecule has 1 saturated heterocycles. The predicted octanol–water partition coefficient (Wildman–Crippen LogP) is 3.54. The van der Waals surface area contributed by atoms with E-state index in [0.29, 0.717) is 42.2 Å². The summed E-state index contributed by atoms with van der Waals surface area (Å²) in [6.45, 7) is 4.24. The van der Waals surface area contributed by atoms with Crippen molar-refractivity contribution in [2.75, 3.05) is 45.3 Å². The number of ether oxygens (including phenoxy) is 2. The minimum Gasteiger partial charge on any atom is -0.496 e. The van der Waals surface area contributed by atoms with Crippen LogP contribution in [-0.4, -0.2) is 53.1 Å². The molecule has 0 amide bonds. The number of sulfonamides is 1. The van der Waals surface area contributed by atoms with Crippen molar-refractivity contribution >= 4 is 31.6 Å². The van der Waals surface area contributed by atoms with Gasteiger partial charge in [0.1, 0.15) is 16.4 Å². The summed E-state index contributed by atoms with van der Waals surface area (Å²) in [6, 6.07) is 11.6. The lowest BCUT2D eigenvalue weighted by atomic mass is 10.1. The average Bonchev–Trinajstić information content (AvgIpc) is 2.73. The summed E-state index contributed by atoms with van der Waals surface area (Å²) in [6.07, 6.45) is 1.00. The number of methoxy groups -OCH3 is 2. The topological polar surface area (TPSA) is 59.1 Å². The number of anilines is 1. The molecule has 0 aromatic heterocycles. The second-order valence-corrected chi connectivity index (χ2v) is 9.31. The van der Waals surface area contributed by atoms with Gasteiger partial charge in [-0.3, -0.25) is 0 Å². The molecule has 1 fully saturated rings. The minimum atomic E-state index is -3.69. The van der Waals surface area contributed by atoms with Crippen molar-refractivity contribution in [3.05, 3.63) is 46.4 Å². The SMILES string of the molecule is CCc1ccc(N2CCN(S(=O)(=O)c3cc(OC)c(Br)cc3OC)CC2)cc1. The van der Waals surface area contributed by atoms with Crippen LogP contribution in [0.1, 0.15) is 12.5 Å². The van der Waals surface area contributed by atoms with E-state index in [4.69, 9.17) is 9.47 Å². The first-order chi connectivity index (χ1) is 13.4. The Bertz CT molecular complexity index is 924. The van der Waals surface area contributed by atoms with E-state index in [1.165, 1.54) is 30.2 Å². The Balaban J connectivity index is 1.79. The maximum Gasteiger partial charge on any atom is 0.247 e. The van der Waals surface area contributed by atoms with Crippen LogP contribution in [0, 0.1) is 0 Å². The van der Waals surface area contributed by atoms with E-state index < -0.39 is 10.0 Å². The van der Waals surface area contributed by atoms with Crippen molar-refractivity contribution in [2.24, 2.45) is 0 Å². The highest BCUT2D eigenvalue weighted by molar-refractivity contribution is 9.10. The van der Waals surface area contributed by atoms with Crippen LogP contribution in [0.3, 0.4) is 0 Å². The van der Waals surface area contributed by atoms with E-state index in [2.05, 4.69) is 52.0 Å². The zero-order chi connectivity index (χ0) is 20.3. The van der Waals surface area contributed by atoms with E-state index in [-0.39, 0.29) is 4.90 Å². The zero-order valence-corrected chi connectivity index (χ0v) is 18.7. The lowest BCUT2D eigenvalue weighted by Crippen LogP contribution is -2.48. The standard InChI is InChI=1S/C20H25BrN2O4S/c1-4-15-5-7-16(8-6-15)22-9-11-23(12-10-22)28(24,25)20-14-18(26-2)17(21)13-19(20)27-3/h5-8,13-14H,4,9-12H2,1-3H3. The molecule has 2 aromatic rings. The third-order valence-electron chi connectivity index (χ3n) is 5.00. The van der Waals surface area contributed by atoms with Crippen molar-refractivity contribution in [1.82, 2.24) is 4.31 Å². The van der Waals surface area contributed by atoms with Gasteiger partial charge in [0, 0.05) is 37.9 Å². The van der Waals surface area contributed by atoms with Crippen LogP contribution in [0.2, 0.25) is 0 Å². The van der Waals surface area contributed by atoms with Crippen LogP contribution in [0.25, 0.3) is 0 Å². The van der Waals surface area contributed by atoms with E-state index in [9.17, 15) is 8.42 Å². The Kier molecular flexibility index (Phi) is 6.52. The van der Waals surface area contributed by atoms with Gasteiger partial charge >= 0.3 is 0 Å². The molecule has 0 atom stereocenters. The summed E-state index contributed by atoms with van der Waals surface area (Å²) >= 11 is 3.37. The maximum absolute atomic E-state index is 13.2. The molecule has 3 rings (SSSR count). The Morgan fingerprint density at radius 1 is 0.964 bits per heavy atom. The second-order valence-electron chi connectivity index (χ2n) is 6.55. The molecule has 0 radical (unpaired) electrons. The summed E-state index contributed by atoms with van der Waals surface area (Å²) in [5, 5.41) is 0. The van der Waals surface area contributed by atoms with Crippen molar-refractivity contribution in [3.8, 4) is 11.5 Å². The Morgan fingerprint density at radius 2 is 1.57 bits per heavy atom. The number of halogens is 1. The largest absolute Gasteiger partial charge is 0.496 e. The third-order valence-corrected chi connectivity index (χ3v) is 7.54. The number of piperazine rings is 1. The highest BCUT2D eigenvalue weighted by Gasteiger charge is 2.32. The maximum atomic E-state index is 13.2. The average molecular weight is 469 g/mol. The van der Waals surface area contributed by atoms with Crippen LogP contribution in [0.15, 0.2) is 45.8 Å². The van der Waals surface area contributed by atoms with Crippen LogP contribution in [0.5, 0.6) is 11.5 Å². The van der Waals surface area contributed by atoms with Crippen molar-refractivity contribution < 1.29 is 17.9 Å². The number of nitrogens with zero attached hydrogens (tertiary/aromatic N) is 2. The molecule has 1 aliphatic heterocycles. The lowest BCUT2D eigenvalue weighted by Gasteiger charge is -2.35. The molecule has 152 valence electrons. The van der Waals surface area contributed by atoms with E-state index in [1.807, 2.05) is 0 Å². The molecule has 0 unspecified atom stereocenters. The molecular formula is C20H25BrN2O4S. The fourth-order valence-electron chi connectivity index (χ4n) is 3.30. The monoisotopic (exact) mass is 468 g/mol. The first-order valence-electron chi connectivity index (χ1n) is 9.16. The molecule has 0 N–H and O–H groups in total. The van der Waals surface area contributed by atoms with Gasteiger partial charge in [-0.05, 0) is 46.1 Å². The van der Waals surface area contributed by atoms with Crippen LogP contribution >= 0.6 is 15.9 Å². The molecule has 1 heterocycles. The van der Waals surface area contributed by atoms with Gasteiger partial charge in [-0.1, -0.05) is 19.1 Å². The molecule has 0 bridgehead atoms. The predicted molar refractivity (Wildman–Crippen MR) is 114 cm³/mol. The molecule has 0 spiro atoms. The molecule has 0 aliphatic carbocycles. The normalized spacial score (nSPS) is 15.5. The molecule has 0 saturated carbocycles. The van der Waals surface area contributed by atoms with Crippen molar-refractivity contribution in [1.29, 1.82) is 0 Å². The van der Waals surface area contributed by atoms with E-state index in [1.54, 1.807) is 6.07 Å². The van der Waals surface area contributed by atoms with Gasteiger partial charge in [0.05, 0.1) is 18.7 Å². The highest BCUT2D eigenvalue weighted by atomic mass is 79.9. The number of benzene rings is 2. The van der Waals surface area contributed by atoms with Gasteiger partial charge in [-0.15, -0.1) is 0 Å². The molecule has 1 aliphatic rings. The summed E-state index contributed by atoms with van der Waals surface area (Å²) in [5.74, 6) is 0.749. The quantitative estimate of drug-likeness (QED) is 0.648. The van der Waals surface area contributed by atoms with Gasteiger partial charge in [-0.2, -0.15) is 4.31 Å². The van der Waals surface area contributed by atoms with Crippen LogP contribution < -0.4 is 14.4 Å². The molecular weight excluding hydrogens is 444 g/mol. The van der Waals surface area contributed by atoms with Crippen molar-refractivity contribution in [3.63, 3.8) is 0 Å². The van der Waals surface area contributed by atoms with Gasteiger partial charge in [0.15, 0.2) is 0 Å². The molecule has 6 nitrogen and oxygen atoms in total. The van der Waals surface area contributed by atoms with E-state index in [0.717, 1.165) is 12.1 Å². The van der Waals surface area contributed by atoms with E-state index >= 15 is 0 Å². The third kappa shape index (κ3) is 4.14. The number of rotatable bonds is 6. The zero-order valence-electron chi connectivity index (χ0n) is 16.3.